The summed E-state index contributed by atoms with van der Waals surface area (Å²) < 4.78 is 13.2. The molecule has 72 valence electrons. The van der Waals surface area contributed by atoms with Crippen molar-refractivity contribution in [2.24, 2.45) is 5.73 Å². The van der Waals surface area contributed by atoms with Gasteiger partial charge in [0.2, 0.25) is 0 Å². The molecule has 0 aliphatic rings. The van der Waals surface area contributed by atoms with Gasteiger partial charge in [0, 0.05) is 5.56 Å². The lowest BCUT2D eigenvalue weighted by molar-refractivity contribution is 0.601. The van der Waals surface area contributed by atoms with Gasteiger partial charge in [-0.15, -0.1) is 19.0 Å². The fraction of sp³-hybridized carbons (Fsp3) is 0.200. The first-order valence-electron chi connectivity index (χ1n) is 3.79. The second-order valence-corrected chi connectivity index (χ2v) is 2.79. The van der Waals surface area contributed by atoms with Crippen LogP contribution in [0.3, 0.4) is 0 Å². The molecule has 0 unspecified atom stereocenters. The Balaban J connectivity index is 0.00000144. The number of aryl methyl sites for hydroxylation is 1. The molecule has 2 N–H and O–H groups in total. The second-order valence-electron chi connectivity index (χ2n) is 2.79. The van der Waals surface area contributed by atoms with Gasteiger partial charge >= 0.3 is 0 Å². The lowest BCUT2D eigenvalue weighted by Gasteiger charge is -2.07. The maximum absolute atomic E-state index is 13.2. The van der Waals surface area contributed by atoms with Crippen LogP contribution in [0.25, 0.3) is 0 Å². The first-order valence-corrected chi connectivity index (χ1v) is 3.79. The van der Waals surface area contributed by atoms with E-state index in [-0.39, 0.29) is 18.2 Å². The van der Waals surface area contributed by atoms with E-state index in [2.05, 4.69) is 6.58 Å². The Morgan fingerprint density at radius 1 is 1.54 bits per heavy atom. The molecule has 0 saturated heterocycles. The minimum atomic E-state index is -0.411. The van der Waals surface area contributed by atoms with Gasteiger partial charge in [-0.3, -0.25) is 0 Å². The molecule has 1 atom stereocenters. The highest BCUT2D eigenvalue weighted by Crippen LogP contribution is 2.16. The number of halogens is 2. The van der Waals surface area contributed by atoms with E-state index in [1.165, 1.54) is 12.1 Å². The number of benzene rings is 1. The monoisotopic (exact) mass is 201 g/mol. The summed E-state index contributed by atoms with van der Waals surface area (Å²) >= 11 is 0. The Hall–Kier alpha value is -0.860. The third-order valence-electron chi connectivity index (χ3n) is 1.77. The van der Waals surface area contributed by atoms with Gasteiger partial charge < -0.3 is 5.73 Å². The number of hydrogen-bond acceptors (Lipinski definition) is 1. The highest BCUT2D eigenvalue weighted by molar-refractivity contribution is 5.85. The van der Waals surface area contributed by atoms with E-state index in [0.29, 0.717) is 5.56 Å². The van der Waals surface area contributed by atoms with Crippen LogP contribution >= 0.6 is 12.4 Å². The average Bonchev–Trinajstić information content (AvgIpc) is 2.03. The van der Waals surface area contributed by atoms with Gasteiger partial charge in [0.05, 0.1) is 6.04 Å². The summed E-state index contributed by atoms with van der Waals surface area (Å²) in [6, 6.07) is 4.59. The topological polar surface area (TPSA) is 26.0 Å². The van der Waals surface area contributed by atoms with Crippen LogP contribution in [-0.4, -0.2) is 0 Å². The highest BCUT2D eigenvalue weighted by Gasteiger charge is 2.06. The van der Waals surface area contributed by atoms with E-state index < -0.39 is 6.04 Å². The molecular weight excluding hydrogens is 189 g/mol. The largest absolute Gasteiger partial charge is 0.321 e. The Kier molecular flexibility index (Phi) is 4.67. The normalized spacial score (nSPS) is 11.6. The summed E-state index contributed by atoms with van der Waals surface area (Å²) in [6.45, 7) is 5.35. The molecule has 0 amide bonds. The number of nitrogens with two attached hydrogens (primary N) is 1. The Morgan fingerprint density at radius 3 is 2.62 bits per heavy atom. The third-order valence-corrected chi connectivity index (χ3v) is 1.77. The van der Waals surface area contributed by atoms with Gasteiger partial charge in [0.1, 0.15) is 5.82 Å². The molecule has 1 rings (SSSR count). The Bertz CT molecular complexity index is 299. The van der Waals surface area contributed by atoms with Crippen molar-refractivity contribution in [1.29, 1.82) is 0 Å². The van der Waals surface area contributed by atoms with Crippen molar-refractivity contribution < 1.29 is 4.39 Å². The van der Waals surface area contributed by atoms with Crippen molar-refractivity contribution >= 4 is 12.4 Å². The molecule has 0 aliphatic heterocycles. The summed E-state index contributed by atoms with van der Waals surface area (Å²) in [7, 11) is 0. The molecule has 0 bridgehead atoms. The summed E-state index contributed by atoms with van der Waals surface area (Å²) in [5, 5.41) is 0. The smallest absolute Gasteiger partial charge is 0.128 e. The number of rotatable bonds is 2. The zero-order chi connectivity index (χ0) is 9.14. The minimum Gasteiger partial charge on any atom is -0.321 e. The molecule has 0 saturated carbocycles. The fourth-order valence-electron chi connectivity index (χ4n) is 1.03. The van der Waals surface area contributed by atoms with Crippen molar-refractivity contribution in [3.8, 4) is 0 Å². The molecule has 0 aromatic heterocycles. The van der Waals surface area contributed by atoms with E-state index >= 15 is 0 Å². The van der Waals surface area contributed by atoms with E-state index in [1.807, 2.05) is 13.0 Å². The van der Waals surface area contributed by atoms with Crippen LogP contribution in [0.4, 0.5) is 4.39 Å². The Morgan fingerprint density at radius 2 is 2.15 bits per heavy atom. The standard InChI is InChI=1S/C10H12FN.ClH/c1-3-10(12)8-5-4-7(2)6-9(8)11;/h3-6,10H,1,12H2,2H3;1H/t10-;/m0./s1. The highest BCUT2D eigenvalue weighted by atomic mass is 35.5. The van der Waals surface area contributed by atoms with E-state index in [1.54, 1.807) is 6.07 Å². The maximum atomic E-state index is 13.2. The molecular formula is C10H13ClFN. The van der Waals surface area contributed by atoms with E-state index in [0.717, 1.165) is 5.56 Å². The van der Waals surface area contributed by atoms with Crippen molar-refractivity contribution in [2.75, 3.05) is 0 Å². The number of hydrogen-bond donors (Lipinski definition) is 1. The quantitative estimate of drug-likeness (QED) is 0.732. The van der Waals surface area contributed by atoms with Crippen LogP contribution in [-0.2, 0) is 0 Å². The zero-order valence-electron chi connectivity index (χ0n) is 7.46. The predicted molar refractivity (Wildman–Crippen MR) is 55.5 cm³/mol. The molecule has 0 spiro atoms. The van der Waals surface area contributed by atoms with E-state index in [9.17, 15) is 4.39 Å². The second kappa shape index (κ2) is 5.00. The molecule has 1 aromatic carbocycles. The Labute approximate surface area is 83.9 Å². The first kappa shape index (κ1) is 12.1. The third kappa shape index (κ3) is 2.83. The van der Waals surface area contributed by atoms with Crippen LogP contribution in [0.5, 0.6) is 0 Å². The van der Waals surface area contributed by atoms with Crippen LogP contribution in [0.15, 0.2) is 30.9 Å². The lowest BCUT2D eigenvalue weighted by Crippen LogP contribution is -2.08. The molecule has 1 nitrogen and oxygen atoms in total. The molecule has 1 aromatic rings. The van der Waals surface area contributed by atoms with Crippen LogP contribution in [0, 0.1) is 12.7 Å². The molecule has 3 heteroatoms. The average molecular weight is 202 g/mol. The summed E-state index contributed by atoms with van der Waals surface area (Å²) in [5.74, 6) is -0.262. The van der Waals surface area contributed by atoms with Crippen LogP contribution in [0.1, 0.15) is 17.2 Å². The van der Waals surface area contributed by atoms with Crippen molar-refractivity contribution in [3.05, 3.63) is 47.8 Å². The fourth-order valence-corrected chi connectivity index (χ4v) is 1.03. The summed E-state index contributed by atoms with van der Waals surface area (Å²) in [5.41, 5.74) is 6.98. The summed E-state index contributed by atoms with van der Waals surface area (Å²) in [6.07, 6.45) is 1.52. The van der Waals surface area contributed by atoms with Crippen molar-refractivity contribution in [2.45, 2.75) is 13.0 Å². The van der Waals surface area contributed by atoms with E-state index in [4.69, 9.17) is 5.73 Å². The van der Waals surface area contributed by atoms with Crippen LogP contribution < -0.4 is 5.73 Å². The van der Waals surface area contributed by atoms with Gasteiger partial charge in [0.15, 0.2) is 0 Å². The van der Waals surface area contributed by atoms with Gasteiger partial charge in [0.25, 0.3) is 0 Å². The van der Waals surface area contributed by atoms with Crippen molar-refractivity contribution in [3.63, 3.8) is 0 Å². The molecule has 0 aliphatic carbocycles. The molecule has 0 fully saturated rings. The zero-order valence-corrected chi connectivity index (χ0v) is 8.27. The predicted octanol–water partition coefficient (Wildman–Crippen LogP) is 2.74. The van der Waals surface area contributed by atoms with Gasteiger partial charge in [-0.1, -0.05) is 18.2 Å². The first-order chi connectivity index (χ1) is 5.65. The molecule has 13 heavy (non-hydrogen) atoms. The maximum Gasteiger partial charge on any atom is 0.128 e. The minimum absolute atomic E-state index is 0. The summed E-state index contributed by atoms with van der Waals surface area (Å²) in [4.78, 5) is 0. The van der Waals surface area contributed by atoms with Crippen molar-refractivity contribution in [1.82, 2.24) is 0 Å². The van der Waals surface area contributed by atoms with Gasteiger partial charge in [-0.05, 0) is 18.6 Å². The molecule has 0 radical (unpaired) electrons. The SMILES string of the molecule is C=C[C@H](N)c1ccc(C)cc1F.Cl. The van der Waals surface area contributed by atoms with Gasteiger partial charge in [-0.2, -0.15) is 0 Å². The van der Waals surface area contributed by atoms with Gasteiger partial charge in [-0.25, -0.2) is 4.39 Å². The van der Waals surface area contributed by atoms with Crippen LogP contribution in [0.2, 0.25) is 0 Å². The lowest BCUT2D eigenvalue weighted by atomic mass is 10.1. The molecule has 0 heterocycles.